The molecular formula is C23H30. The number of aryl methyl sites for hydroxylation is 2. The number of hydrogen-bond acceptors (Lipinski definition) is 0. The number of rotatable bonds is 4. The summed E-state index contributed by atoms with van der Waals surface area (Å²) in [6.45, 7) is 9.40. The van der Waals surface area contributed by atoms with Gasteiger partial charge in [0, 0.05) is 0 Å². The Balaban J connectivity index is 2.13. The molecule has 0 nitrogen and oxygen atoms in total. The second-order valence-corrected chi connectivity index (χ2v) is 7.76. The standard InChI is InChI=1S/C23H30/c1-5-17-9-7-10-19(15-17)20-13-12-18(6-2)16-21(20)22-11-8-14-23(22,3)4/h7,9-10,12-13,15-16,22H,5-6,8,11,14H2,1-4H3/t22-/m0/s1. The Hall–Kier alpha value is -1.56. The van der Waals surface area contributed by atoms with Gasteiger partial charge in [0.25, 0.3) is 0 Å². The normalized spacial score (nSPS) is 19.9. The molecule has 2 aromatic rings. The molecule has 1 aliphatic carbocycles. The third-order valence-electron chi connectivity index (χ3n) is 5.80. The molecule has 1 saturated carbocycles. The van der Waals surface area contributed by atoms with Crippen LogP contribution in [0.1, 0.15) is 69.6 Å². The summed E-state index contributed by atoms with van der Waals surface area (Å²) in [5.74, 6) is 0.689. The van der Waals surface area contributed by atoms with Gasteiger partial charge in [0.2, 0.25) is 0 Å². The molecule has 0 radical (unpaired) electrons. The lowest BCUT2D eigenvalue weighted by atomic mass is 9.75. The van der Waals surface area contributed by atoms with Crippen molar-refractivity contribution in [1.29, 1.82) is 0 Å². The number of hydrogen-bond donors (Lipinski definition) is 0. The van der Waals surface area contributed by atoms with Crippen molar-refractivity contribution in [1.82, 2.24) is 0 Å². The van der Waals surface area contributed by atoms with E-state index >= 15 is 0 Å². The van der Waals surface area contributed by atoms with Gasteiger partial charge < -0.3 is 0 Å². The van der Waals surface area contributed by atoms with Crippen LogP contribution in [-0.2, 0) is 12.8 Å². The molecule has 0 spiro atoms. The van der Waals surface area contributed by atoms with Gasteiger partial charge in [-0.25, -0.2) is 0 Å². The molecule has 122 valence electrons. The molecule has 0 heteroatoms. The van der Waals surface area contributed by atoms with Crippen LogP contribution in [-0.4, -0.2) is 0 Å². The molecule has 0 amide bonds. The van der Waals surface area contributed by atoms with Crippen molar-refractivity contribution in [3.05, 3.63) is 59.2 Å². The third-order valence-corrected chi connectivity index (χ3v) is 5.80. The van der Waals surface area contributed by atoms with Crippen LogP contribution in [0.2, 0.25) is 0 Å². The highest BCUT2D eigenvalue weighted by Gasteiger charge is 2.36. The fourth-order valence-corrected chi connectivity index (χ4v) is 4.25. The van der Waals surface area contributed by atoms with E-state index in [1.807, 2.05) is 0 Å². The molecule has 2 aromatic carbocycles. The van der Waals surface area contributed by atoms with E-state index in [2.05, 4.69) is 70.2 Å². The minimum absolute atomic E-state index is 0.420. The molecule has 0 unspecified atom stereocenters. The molecular weight excluding hydrogens is 276 g/mol. The predicted molar refractivity (Wildman–Crippen MR) is 101 cm³/mol. The van der Waals surface area contributed by atoms with Crippen molar-refractivity contribution < 1.29 is 0 Å². The summed E-state index contributed by atoms with van der Waals surface area (Å²) in [6.07, 6.45) is 6.27. The molecule has 0 N–H and O–H groups in total. The zero-order chi connectivity index (χ0) is 16.4. The van der Waals surface area contributed by atoms with Gasteiger partial charge in [-0.3, -0.25) is 0 Å². The van der Waals surface area contributed by atoms with Gasteiger partial charge in [-0.2, -0.15) is 0 Å². The summed E-state index contributed by atoms with van der Waals surface area (Å²) in [5.41, 5.74) is 7.75. The molecule has 1 fully saturated rings. The van der Waals surface area contributed by atoms with E-state index in [1.54, 1.807) is 5.56 Å². The quantitative estimate of drug-likeness (QED) is 0.584. The van der Waals surface area contributed by atoms with E-state index in [0.717, 1.165) is 12.8 Å². The van der Waals surface area contributed by atoms with Crippen molar-refractivity contribution in [3.8, 4) is 11.1 Å². The van der Waals surface area contributed by atoms with E-state index in [1.165, 1.54) is 41.5 Å². The second-order valence-electron chi connectivity index (χ2n) is 7.76. The van der Waals surface area contributed by atoms with Gasteiger partial charge >= 0.3 is 0 Å². The van der Waals surface area contributed by atoms with E-state index in [9.17, 15) is 0 Å². The first kappa shape index (κ1) is 16.3. The summed E-state index contributed by atoms with van der Waals surface area (Å²) in [6, 6.07) is 16.3. The van der Waals surface area contributed by atoms with Crippen molar-refractivity contribution >= 4 is 0 Å². The smallest absolute Gasteiger partial charge is 0.0104 e. The van der Waals surface area contributed by atoms with Crippen LogP contribution in [0.4, 0.5) is 0 Å². The highest BCUT2D eigenvalue weighted by atomic mass is 14.4. The topological polar surface area (TPSA) is 0 Å². The molecule has 0 aliphatic heterocycles. The maximum absolute atomic E-state index is 2.49. The Morgan fingerprint density at radius 3 is 2.35 bits per heavy atom. The minimum Gasteiger partial charge on any atom is -0.0614 e. The van der Waals surface area contributed by atoms with Crippen molar-refractivity contribution in [3.63, 3.8) is 0 Å². The summed E-state index contributed by atoms with van der Waals surface area (Å²) in [4.78, 5) is 0. The maximum Gasteiger partial charge on any atom is -0.0104 e. The summed E-state index contributed by atoms with van der Waals surface area (Å²) in [7, 11) is 0. The lowest BCUT2D eigenvalue weighted by Gasteiger charge is -2.30. The fourth-order valence-electron chi connectivity index (χ4n) is 4.25. The van der Waals surface area contributed by atoms with Crippen molar-refractivity contribution in [2.24, 2.45) is 5.41 Å². The van der Waals surface area contributed by atoms with Crippen molar-refractivity contribution in [2.45, 2.75) is 65.7 Å². The number of benzene rings is 2. The van der Waals surface area contributed by atoms with E-state index < -0.39 is 0 Å². The van der Waals surface area contributed by atoms with Gasteiger partial charge in [-0.15, -0.1) is 0 Å². The Morgan fingerprint density at radius 2 is 1.70 bits per heavy atom. The first-order valence-corrected chi connectivity index (χ1v) is 9.27. The lowest BCUT2D eigenvalue weighted by Crippen LogP contribution is -2.16. The zero-order valence-corrected chi connectivity index (χ0v) is 15.2. The van der Waals surface area contributed by atoms with Gasteiger partial charge in [0.15, 0.2) is 0 Å². The second kappa shape index (κ2) is 6.51. The van der Waals surface area contributed by atoms with Gasteiger partial charge in [0.05, 0.1) is 0 Å². The van der Waals surface area contributed by atoms with Gasteiger partial charge in [-0.1, -0.05) is 76.6 Å². The fraction of sp³-hybridized carbons (Fsp3) is 0.478. The van der Waals surface area contributed by atoms with Gasteiger partial charge in [-0.05, 0) is 64.8 Å². The zero-order valence-electron chi connectivity index (χ0n) is 15.2. The average molecular weight is 306 g/mol. The van der Waals surface area contributed by atoms with E-state index in [0.29, 0.717) is 11.3 Å². The summed E-state index contributed by atoms with van der Waals surface area (Å²) in [5, 5.41) is 0. The highest BCUT2D eigenvalue weighted by Crippen LogP contribution is 2.51. The Morgan fingerprint density at radius 1 is 0.957 bits per heavy atom. The monoisotopic (exact) mass is 306 g/mol. The molecule has 0 bridgehead atoms. The van der Waals surface area contributed by atoms with Crippen LogP contribution >= 0.6 is 0 Å². The summed E-state index contributed by atoms with van der Waals surface area (Å²) >= 11 is 0. The van der Waals surface area contributed by atoms with Crippen LogP contribution in [0, 0.1) is 5.41 Å². The highest BCUT2D eigenvalue weighted by molar-refractivity contribution is 5.69. The van der Waals surface area contributed by atoms with Crippen LogP contribution < -0.4 is 0 Å². The Bertz CT molecular complexity index is 678. The largest absolute Gasteiger partial charge is 0.0614 e. The average Bonchev–Trinajstić information content (AvgIpc) is 2.93. The first-order valence-electron chi connectivity index (χ1n) is 9.27. The SMILES string of the molecule is CCc1cccc(-c2ccc(CC)cc2[C@@H]2CCCC2(C)C)c1. The Labute approximate surface area is 141 Å². The molecule has 23 heavy (non-hydrogen) atoms. The minimum atomic E-state index is 0.420. The molecule has 0 aromatic heterocycles. The van der Waals surface area contributed by atoms with Crippen LogP contribution in [0.15, 0.2) is 42.5 Å². The third kappa shape index (κ3) is 3.22. The van der Waals surface area contributed by atoms with E-state index in [-0.39, 0.29) is 0 Å². The van der Waals surface area contributed by atoms with Crippen LogP contribution in [0.25, 0.3) is 11.1 Å². The van der Waals surface area contributed by atoms with Crippen molar-refractivity contribution in [2.75, 3.05) is 0 Å². The Kier molecular flexibility index (Phi) is 4.62. The first-order chi connectivity index (χ1) is 11.0. The molecule has 3 rings (SSSR count). The van der Waals surface area contributed by atoms with Crippen LogP contribution in [0.3, 0.4) is 0 Å². The predicted octanol–water partition coefficient (Wildman–Crippen LogP) is 6.77. The maximum atomic E-state index is 2.49. The lowest BCUT2D eigenvalue weighted by molar-refractivity contribution is 0.333. The molecule has 0 saturated heterocycles. The van der Waals surface area contributed by atoms with Gasteiger partial charge in [0.1, 0.15) is 0 Å². The molecule has 0 heterocycles. The molecule has 1 atom stereocenters. The molecule has 1 aliphatic rings. The summed E-state index contributed by atoms with van der Waals surface area (Å²) < 4.78 is 0. The van der Waals surface area contributed by atoms with E-state index in [4.69, 9.17) is 0 Å². The van der Waals surface area contributed by atoms with Crippen LogP contribution in [0.5, 0.6) is 0 Å².